The number of carbonyl (C=O) groups excluding carboxylic acids is 1. The minimum absolute atomic E-state index is 0.214. The zero-order valence-electron chi connectivity index (χ0n) is 9.52. The van der Waals surface area contributed by atoms with E-state index in [0.29, 0.717) is 0 Å². The Labute approximate surface area is 94.3 Å². The van der Waals surface area contributed by atoms with Crippen molar-refractivity contribution in [3.05, 3.63) is 34.7 Å². The molecule has 0 aliphatic heterocycles. The van der Waals surface area contributed by atoms with E-state index < -0.39 is 12.0 Å². The quantitative estimate of drug-likeness (QED) is 0.572. The summed E-state index contributed by atoms with van der Waals surface area (Å²) in [7, 11) is 0. The second kappa shape index (κ2) is 5.21. The van der Waals surface area contributed by atoms with E-state index in [4.69, 9.17) is 11.3 Å². The molecule has 0 bridgehead atoms. The van der Waals surface area contributed by atoms with Crippen LogP contribution < -0.4 is 0 Å². The van der Waals surface area contributed by atoms with Crippen LogP contribution in [0.25, 0.3) is 4.85 Å². The maximum absolute atomic E-state index is 11.5. The average Bonchev–Trinajstić information content (AvgIpc) is 2.17. The van der Waals surface area contributed by atoms with Gasteiger partial charge in [-0.3, -0.25) is 4.85 Å². The molecule has 0 N–H and O–H groups in total. The highest BCUT2D eigenvalue weighted by molar-refractivity contribution is 5.78. The fourth-order valence-corrected chi connectivity index (χ4v) is 1.31. The van der Waals surface area contributed by atoms with Crippen LogP contribution in [0.3, 0.4) is 0 Å². The lowest BCUT2D eigenvalue weighted by Crippen LogP contribution is -2.16. The molecule has 5 heteroatoms. The first-order valence-corrected chi connectivity index (χ1v) is 4.93. The summed E-state index contributed by atoms with van der Waals surface area (Å²) in [5.41, 5.74) is 1.47. The molecule has 1 rings (SSSR count). The van der Waals surface area contributed by atoms with Gasteiger partial charge in [0.05, 0.1) is 6.61 Å². The predicted molar refractivity (Wildman–Crippen MR) is 57.5 cm³/mol. The average molecular weight is 219 g/mol. The molecule has 0 spiro atoms. The monoisotopic (exact) mass is 219 g/mol. The van der Waals surface area contributed by atoms with E-state index in [-0.39, 0.29) is 12.4 Å². The van der Waals surface area contributed by atoms with Crippen molar-refractivity contribution in [3.8, 4) is 0 Å². The van der Waals surface area contributed by atoms with E-state index in [1.54, 1.807) is 26.8 Å². The van der Waals surface area contributed by atoms with Crippen molar-refractivity contribution in [3.63, 3.8) is 0 Å². The molecule has 0 aliphatic carbocycles. The van der Waals surface area contributed by atoms with Gasteiger partial charge in [0.25, 0.3) is 0 Å². The first kappa shape index (κ1) is 12.1. The zero-order valence-corrected chi connectivity index (χ0v) is 9.52. The Morgan fingerprint density at radius 2 is 2.06 bits per heavy atom. The number of aryl methyl sites for hydroxylation is 2. The molecule has 0 amide bonds. The lowest BCUT2D eigenvalue weighted by atomic mass is 10.2. The number of rotatable bonds is 3. The Morgan fingerprint density at radius 3 is 2.50 bits per heavy atom. The van der Waals surface area contributed by atoms with Crippen molar-refractivity contribution >= 4 is 5.97 Å². The molecule has 1 unspecified atom stereocenters. The van der Waals surface area contributed by atoms with E-state index in [0.717, 1.165) is 11.4 Å². The predicted octanol–water partition coefficient (Wildman–Crippen LogP) is 1.62. The minimum atomic E-state index is -1.06. The van der Waals surface area contributed by atoms with E-state index in [1.165, 1.54) is 0 Å². The summed E-state index contributed by atoms with van der Waals surface area (Å²) >= 11 is 0. The smallest absolute Gasteiger partial charge is 0.398 e. The molecular weight excluding hydrogens is 206 g/mol. The molecule has 0 aliphatic rings. The van der Waals surface area contributed by atoms with Crippen molar-refractivity contribution in [2.75, 3.05) is 6.61 Å². The summed E-state index contributed by atoms with van der Waals surface area (Å²) < 4.78 is 4.80. The van der Waals surface area contributed by atoms with Crippen LogP contribution in [0.1, 0.15) is 30.2 Å². The van der Waals surface area contributed by atoms with Crippen LogP contribution in [0.2, 0.25) is 0 Å². The number of carbonyl (C=O) groups is 1. The zero-order chi connectivity index (χ0) is 12.1. The molecule has 1 aromatic rings. The van der Waals surface area contributed by atoms with Gasteiger partial charge in [0.1, 0.15) is 0 Å². The highest BCUT2D eigenvalue weighted by atomic mass is 16.5. The van der Waals surface area contributed by atoms with Crippen LogP contribution in [-0.2, 0) is 9.53 Å². The van der Waals surface area contributed by atoms with Gasteiger partial charge >= 0.3 is 12.0 Å². The third-order valence-corrected chi connectivity index (χ3v) is 1.88. The lowest BCUT2D eigenvalue weighted by Gasteiger charge is -2.05. The molecule has 1 heterocycles. The SMILES string of the molecule is [C-]#[N+]C(C(=O)OCC)c1nc(C)cc(C)n1. The van der Waals surface area contributed by atoms with E-state index in [9.17, 15) is 4.79 Å². The van der Waals surface area contributed by atoms with E-state index >= 15 is 0 Å². The fraction of sp³-hybridized carbons (Fsp3) is 0.455. The molecule has 0 radical (unpaired) electrons. The molecule has 84 valence electrons. The number of ether oxygens (including phenoxy) is 1. The lowest BCUT2D eigenvalue weighted by molar-refractivity contribution is -0.143. The first-order chi connectivity index (χ1) is 7.58. The second-order valence-corrected chi connectivity index (χ2v) is 3.29. The molecule has 1 aromatic heterocycles. The number of hydrogen-bond acceptors (Lipinski definition) is 4. The van der Waals surface area contributed by atoms with Crippen LogP contribution in [-0.4, -0.2) is 22.5 Å². The summed E-state index contributed by atoms with van der Waals surface area (Å²) in [6, 6.07) is 0.730. The van der Waals surface area contributed by atoms with E-state index in [1.807, 2.05) is 0 Å². The highest BCUT2D eigenvalue weighted by Gasteiger charge is 2.30. The van der Waals surface area contributed by atoms with Gasteiger partial charge in [-0.05, 0) is 26.8 Å². The maximum Gasteiger partial charge on any atom is 0.398 e. The Kier molecular flexibility index (Phi) is 3.95. The van der Waals surface area contributed by atoms with Gasteiger partial charge < -0.3 is 4.74 Å². The van der Waals surface area contributed by atoms with Gasteiger partial charge in [-0.2, -0.15) is 0 Å². The summed E-state index contributed by atoms with van der Waals surface area (Å²) in [4.78, 5) is 22.9. The summed E-state index contributed by atoms with van der Waals surface area (Å²) in [6.07, 6.45) is 0. The standard InChI is InChI=1S/C11H13N3O2/c1-5-16-11(15)9(12-4)10-13-7(2)6-8(3)14-10/h6,9H,5H2,1-3H3. The van der Waals surface area contributed by atoms with Crippen LogP contribution in [0.5, 0.6) is 0 Å². The Morgan fingerprint density at radius 1 is 1.50 bits per heavy atom. The topological polar surface area (TPSA) is 56.4 Å². The fourth-order valence-electron chi connectivity index (χ4n) is 1.31. The molecule has 0 fully saturated rings. The van der Waals surface area contributed by atoms with Crippen LogP contribution >= 0.6 is 0 Å². The molecular formula is C11H13N3O2. The van der Waals surface area contributed by atoms with Crippen LogP contribution in [0.4, 0.5) is 0 Å². The van der Waals surface area contributed by atoms with Crippen LogP contribution in [0, 0.1) is 20.4 Å². The van der Waals surface area contributed by atoms with Gasteiger partial charge in [-0.15, -0.1) is 0 Å². The number of esters is 1. The number of nitrogens with zero attached hydrogens (tertiary/aromatic N) is 3. The third kappa shape index (κ3) is 2.76. The van der Waals surface area contributed by atoms with Gasteiger partial charge in [-0.1, -0.05) is 0 Å². The number of hydrogen-bond donors (Lipinski definition) is 0. The molecule has 5 nitrogen and oxygen atoms in total. The minimum Gasteiger partial charge on any atom is -0.460 e. The largest absolute Gasteiger partial charge is 0.460 e. The molecule has 0 aromatic carbocycles. The van der Waals surface area contributed by atoms with Crippen LogP contribution in [0.15, 0.2) is 6.07 Å². The molecule has 0 saturated heterocycles. The first-order valence-electron chi connectivity index (χ1n) is 4.93. The normalized spacial score (nSPS) is 11.6. The summed E-state index contributed by atoms with van der Waals surface area (Å²) in [5.74, 6) is -0.381. The Hall–Kier alpha value is -1.96. The van der Waals surface area contributed by atoms with Gasteiger partial charge in [-0.25, -0.2) is 21.3 Å². The van der Waals surface area contributed by atoms with Crippen molar-refractivity contribution in [1.82, 2.24) is 9.97 Å². The highest BCUT2D eigenvalue weighted by Crippen LogP contribution is 2.16. The Balaban J connectivity index is 3.05. The second-order valence-electron chi connectivity index (χ2n) is 3.29. The van der Waals surface area contributed by atoms with Gasteiger partial charge in [0.2, 0.25) is 5.82 Å². The maximum atomic E-state index is 11.5. The van der Waals surface area contributed by atoms with Crippen molar-refractivity contribution in [2.45, 2.75) is 26.8 Å². The third-order valence-electron chi connectivity index (χ3n) is 1.88. The molecule has 1 atom stereocenters. The van der Waals surface area contributed by atoms with Gasteiger partial charge in [0.15, 0.2) is 0 Å². The van der Waals surface area contributed by atoms with E-state index in [2.05, 4.69) is 14.8 Å². The summed E-state index contributed by atoms with van der Waals surface area (Å²) in [6.45, 7) is 12.5. The molecule has 16 heavy (non-hydrogen) atoms. The van der Waals surface area contributed by atoms with Gasteiger partial charge in [0, 0.05) is 11.4 Å². The van der Waals surface area contributed by atoms with Crippen molar-refractivity contribution in [2.24, 2.45) is 0 Å². The summed E-state index contributed by atoms with van der Waals surface area (Å²) in [5, 5.41) is 0. The molecule has 0 saturated carbocycles. The number of aromatic nitrogens is 2. The Bertz CT molecular complexity index is 417. The van der Waals surface area contributed by atoms with Crippen molar-refractivity contribution in [1.29, 1.82) is 0 Å². The van der Waals surface area contributed by atoms with Crippen molar-refractivity contribution < 1.29 is 9.53 Å².